The average molecular weight is 340 g/mol. The molecule has 0 radical (unpaired) electrons. The van der Waals surface area contributed by atoms with E-state index in [4.69, 9.17) is 5.26 Å². The zero-order valence-electron chi connectivity index (χ0n) is 14.0. The molecular weight excluding hydrogens is 324 g/mol. The van der Waals surface area contributed by atoms with E-state index in [-0.39, 0.29) is 23.4 Å². The number of benzene rings is 1. The lowest BCUT2D eigenvalue weighted by Crippen LogP contribution is -2.32. The van der Waals surface area contributed by atoms with Gasteiger partial charge < -0.3 is 10.1 Å². The molecule has 128 valence electrons. The van der Waals surface area contributed by atoms with Gasteiger partial charge in [-0.05, 0) is 31.5 Å². The number of para-hydroxylation sites is 1. The van der Waals surface area contributed by atoms with Gasteiger partial charge in [0.2, 0.25) is 5.91 Å². The molecule has 2 rings (SSSR count). The molecule has 1 heterocycles. The van der Waals surface area contributed by atoms with Gasteiger partial charge in [0.15, 0.2) is 0 Å². The van der Waals surface area contributed by atoms with Crippen molar-refractivity contribution < 1.29 is 14.3 Å². The molecule has 1 aromatic carbocycles. The van der Waals surface area contributed by atoms with Gasteiger partial charge in [-0.25, -0.2) is 9.48 Å². The van der Waals surface area contributed by atoms with Crippen LogP contribution in [0.15, 0.2) is 29.1 Å². The van der Waals surface area contributed by atoms with Crippen LogP contribution >= 0.6 is 0 Å². The van der Waals surface area contributed by atoms with Crippen molar-refractivity contribution in [3.05, 3.63) is 57.0 Å². The number of anilines is 1. The summed E-state index contributed by atoms with van der Waals surface area (Å²) >= 11 is 0. The maximum absolute atomic E-state index is 12.2. The molecular formula is C17H16N4O4. The maximum atomic E-state index is 12.2. The molecule has 0 atom stereocenters. The van der Waals surface area contributed by atoms with Crippen LogP contribution in [0.3, 0.4) is 0 Å². The molecule has 1 N–H and O–H groups in total. The molecule has 0 aliphatic heterocycles. The number of hydrogen-bond acceptors (Lipinski definition) is 6. The van der Waals surface area contributed by atoms with Gasteiger partial charge in [0.25, 0.3) is 5.56 Å². The Bertz CT molecular complexity index is 941. The van der Waals surface area contributed by atoms with E-state index in [1.54, 1.807) is 32.0 Å². The average Bonchev–Trinajstić information content (AvgIpc) is 2.60. The van der Waals surface area contributed by atoms with Crippen LogP contribution in [-0.4, -0.2) is 28.8 Å². The maximum Gasteiger partial charge on any atom is 0.339 e. The number of nitrogens with zero attached hydrogens (tertiary/aromatic N) is 3. The molecule has 1 aromatic heterocycles. The van der Waals surface area contributed by atoms with Crippen molar-refractivity contribution in [3.8, 4) is 6.07 Å². The summed E-state index contributed by atoms with van der Waals surface area (Å²) in [5, 5.41) is 15.7. The van der Waals surface area contributed by atoms with Crippen LogP contribution in [0.4, 0.5) is 5.69 Å². The fourth-order valence-electron chi connectivity index (χ4n) is 2.22. The third kappa shape index (κ3) is 3.72. The first-order valence-corrected chi connectivity index (χ1v) is 7.34. The number of aromatic nitrogens is 2. The molecule has 0 bridgehead atoms. The van der Waals surface area contributed by atoms with Crippen LogP contribution in [0.1, 0.15) is 27.2 Å². The first-order valence-electron chi connectivity index (χ1n) is 7.34. The molecule has 8 nitrogen and oxygen atoms in total. The minimum atomic E-state index is -0.637. The van der Waals surface area contributed by atoms with Crippen molar-refractivity contribution in [1.29, 1.82) is 5.26 Å². The van der Waals surface area contributed by atoms with E-state index in [0.29, 0.717) is 11.3 Å². The number of ether oxygens (including phenoxy) is 1. The summed E-state index contributed by atoms with van der Waals surface area (Å²) in [5.41, 5.74) is 0.740. The fraction of sp³-hybridized carbons (Fsp3) is 0.235. The third-order valence-corrected chi connectivity index (χ3v) is 3.65. The van der Waals surface area contributed by atoms with Gasteiger partial charge in [-0.1, -0.05) is 12.1 Å². The Balaban J connectivity index is 2.29. The molecule has 0 fully saturated rings. The van der Waals surface area contributed by atoms with Crippen LogP contribution in [0.2, 0.25) is 0 Å². The van der Waals surface area contributed by atoms with E-state index in [9.17, 15) is 14.4 Å². The Hall–Kier alpha value is -3.47. The topological polar surface area (TPSA) is 114 Å². The number of hydrogen-bond donors (Lipinski definition) is 1. The SMILES string of the molecule is COC(=O)c1ccccc1NC(=O)Cn1nc(C)c(C)c(C#N)c1=O. The highest BCUT2D eigenvalue weighted by atomic mass is 16.5. The lowest BCUT2D eigenvalue weighted by atomic mass is 10.1. The minimum Gasteiger partial charge on any atom is -0.465 e. The van der Waals surface area contributed by atoms with Crippen LogP contribution in [0, 0.1) is 25.2 Å². The molecule has 8 heteroatoms. The number of nitrogens with one attached hydrogen (secondary N) is 1. The van der Waals surface area contributed by atoms with Crippen molar-refractivity contribution in [1.82, 2.24) is 9.78 Å². The number of carbonyl (C=O) groups excluding carboxylic acids is 2. The summed E-state index contributed by atoms with van der Waals surface area (Å²) in [4.78, 5) is 36.2. The van der Waals surface area contributed by atoms with E-state index in [0.717, 1.165) is 4.68 Å². The Morgan fingerprint density at radius 2 is 2.00 bits per heavy atom. The summed E-state index contributed by atoms with van der Waals surface area (Å²) in [5.74, 6) is -1.15. The van der Waals surface area contributed by atoms with E-state index >= 15 is 0 Å². The van der Waals surface area contributed by atoms with Gasteiger partial charge >= 0.3 is 5.97 Å². The number of aryl methyl sites for hydroxylation is 1. The zero-order chi connectivity index (χ0) is 18.6. The van der Waals surface area contributed by atoms with Gasteiger partial charge in [0.05, 0.1) is 24.1 Å². The standard InChI is InChI=1S/C17H16N4O4/c1-10-11(2)20-21(16(23)13(10)8-18)9-15(22)19-14-7-5-4-6-12(14)17(24)25-3/h4-7H,9H2,1-3H3,(H,19,22). The van der Waals surface area contributed by atoms with E-state index < -0.39 is 17.4 Å². The monoisotopic (exact) mass is 340 g/mol. The highest BCUT2D eigenvalue weighted by molar-refractivity contribution is 6.01. The number of rotatable bonds is 4. The molecule has 2 aromatic rings. The Kier molecular flexibility index (Phi) is 5.29. The molecule has 0 aliphatic rings. The van der Waals surface area contributed by atoms with Crippen LogP contribution in [-0.2, 0) is 16.1 Å². The Labute approximate surface area is 143 Å². The fourth-order valence-corrected chi connectivity index (χ4v) is 2.22. The molecule has 0 saturated carbocycles. The number of carbonyl (C=O) groups is 2. The van der Waals surface area contributed by atoms with Crippen molar-refractivity contribution in [3.63, 3.8) is 0 Å². The zero-order valence-corrected chi connectivity index (χ0v) is 14.0. The second-order valence-electron chi connectivity index (χ2n) is 5.25. The van der Waals surface area contributed by atoms with Crippen molar-refractivity contribution in [2.75, 3.05) is 12.4 Å². The Morgan fingerprint density at radius 1 is 1.32 bits per heavy atom. The van der Waals surface area contributed by atoms with E-state index in [1.165, 1.54) is 13.2 Å². The van der Waals surface area contributed by atoms with Gasteiger partial charge in [0.1, 0.15) is 18.2 Å². The Morgan fingerprint density at radius 3 is 2.64 bits per heavy atom. The summed E-state index contributed by atoms with van der Waals surface area (Å²) in [6, 6.07) is 8.17. The largest absolute Gasteiger partial charge is 0.465 e. The minimum absolute atomic E-state index is 0.0461. The number of esters is 1. The lowest BCUT2D eigenvalue weighted by Gasteiger charge is -2.11. The summed E-state index contributed by atoms with van der Waals surface area (Å²) < 4.78 is 5.59. The number of methoxy groups -OCH3 is 1. The second kappa shape index (κ2) is 7.40. The first-order chi connectivity index (χ1) is 11.9. The lowest BCUT2D eigenvalue weighted by molar-refractivity contribution is -0.117. The predicted octanol–water partition coefficient (Wildman–Crippen LogP) is 1.16. The summed E-state index contributed by atoms with van der Waals surface area (Å²) in [7, 11) is 1.24. The van der Waals surface area contributed by atoms with E-state index in [1.807, 2.05) is 6.07 Å². The molecule has 1 amide bonds. The number of amides is 1. The quantitative estimate of drug-likeness (QED) is 0.835. The summed E-state index contributed by atoms with van der Waals surface area (Å²) in [6.07, 6.45) is 0. The normalized spacial score (nSPS) is 10.0. The smallest absolute Gasteiger partial charge is 0.339 e. The third-order valence-electron chi connectivity index (χ3n) is 3.65. The van der Waals surface area contributed by atoms with Crippen molar-refractivity contribution in [2.24, 2.45) is 0 Å². The highest BCUT2D eigenvalue weighted by Gasteiger charge is 2.16. The van der Waals surface area contributed by atoms with Gasteiger partial charge in [-0.3, -0.25) is 9.59 Å². The van der Waals surface area contributed by atoms with Gasteiger partial charge in [0, 0.05) is 0 Å². The first kappa shape index (κ1) is 17.9. The van der Waals surface area contributed by atoms with Crippen LogP contribution in [0.25, 0.3) is 0 Å². The number of nitriles is 1. The molecule has 0 unspecified atom stereocenters. The molecule has 0 spiro atoms. The van der Waals surface area contributed by atoms with Crippen molar-refractivity contribution in [2.45, 2.75) is 20.4 Å². The van der Waals surface area contributed by atoms with E-state index in [2.05, 4.69) is 15.2 Å². The van der Waals surface area contributed by atoms with Crippen molar-refractivity contribution >= 4 is 17.6 Å². The van der Waals surface area contributed by atoms with Gasteiger partial charge in [-0.15, -0.1) is 0 Å². The highest BCUT2D eigenvalue weighted by Crippen LogP contribution is 2.16. The van der Waals surface area contributed by atoms with Crippen LogP contribution in [0.5, 0.6) is 0 Å². The summed E-state index contributed by atoms with van der Waals surface area (Å²) in [6.45, 7) is 2.89. The van der Waals surface area contributed by atoms with Crippen LogP contribution < -0.4 is 10.9 Å². The van der Waals surface area contributed by atoms with Gasteiger partial charge in [-0.2, -0.15) is 10.4 Å². The molecule has 0 saturated heterocycles. The molecule has 0 aliphatic carbocycles. The predicted molar refractivity (Wildman–Crippen MR) is 89.1 cm³/mol. The molecule has 25 heavy (non-hydrogen) atoms. The second-order valence-corrected chi connectivity index (χ2v) is 5.25.